The van der Waals surface area contributed by atoms with Gasteiger partial charge in [-0.15, -0.1) is 0 Å². The zero-order chi connectivity index (χ0) is 13.9. The molecule has 0 aliphatic rings. The Morgan fingerprint density at radius 2 is 1.84 bits per heavy atom. The number of aromatic amines is 2. The van der Waals surface area contributed by atoms with Gasteiger partial charge in [0, 0.05) is 11.8 Å². The Labute approximate surface area is 110 Å². The molecule has 0 fully saturated rings. The van der Waals surface area contributed by atoms with Crippen molar-refractivity contribution in [3.8, 4) is 11.3 Å². The second-order valence-corrected chi connectivity index (χ2v) is 6.01. The fourth-order valence-electron chi connectivity index (χ4n) is 1.70. The van der Waals surface area contributed by atoms with Crippen molar-refractivity contribution in [3.63, 3.8) is 0 Å². The van der Waals surface area contributed by atoms with E-state index in [1.54, 1.807) is 24.3 Å². The summed E-state index contributed by atoms with van der Waals surface area (Å²) in [5, 5.41) is 5.18. The third-order valence-electron chi connectivity index (χ3n) is 2.54. The number of hydrogen-bond acceptors (Lipinski definition) is 3. The maximum absolute atomic E-state index is 11.6. The van der Waals surface area contributed by atoms with Crippen LogP contribution in [-0.2, 0) is 10.0 Å². The lowest BCUT2D eigenvalue weighted by atomic mass is 10.1. The number of H-pyrrole nitrogens is 2. The molecular formula is C12H15N3O3S. The molecule has 1 heterocycles. The van der Waals surface area contributed by atoms with E-state index in [2.05, 4.69) is 14.9 Å². The van der Waals surface area contributed by atoms with Gasteiger partial charge in [-0.05, 0) is 24.1 Å². The molecule has 0 bridgehead atoms. The summed E-state index contributed by atoms with van der Waals surface area (Å²) >= 11 is 0. The van der Waals surface area contributed by atoms with Crippen LogP contribution in [0.3, 0.4) is 0 Å². The van der Waals surface area contributed by atoms with Crippen LogP contribution in [0.25, 0.3) is 11.3 Å². The minimum absolute atomic E-state index is 0.0971. The van der Waals surface area contributed by atoms with Crippen molar-refractivity contribution in [2.24, 2.45) is 0 Å². The lowest BCUT2D eigenvalue weighted by molar-refractivity contribution is 0.600. The normalized spacial score (nSPS) is 11.4. The molecule has 0 radical (unpaired) electrons. The van der Waals surface area contributed by atoms with Gasteiger partial charge >= 0.3 is 0 Å². The molecule has 0 atom stereocenters. The summed E-state index contributed by atoms with van der Waals surface area (Å²) in [6.45, 7) is 1.81. The molecule has 2 rings (SSSR count). The first-order valence-corrected chi connectivity index (χ1v) is 7.54. The van der Waals surface area contributed by atoms with Gasteiger partial charge in [-0.2, -0.15) is 0 Å². The first kappa shape index (κ1) is 13.4. The first-order chi connectivity index (χ1) is 9.00. The Bertz CT molecular complexity index is 698. The topological polar surface area (TPSA) is 94.8 Å². The minimum atomic E-state index is -3.27. The van der Waals surface area contributed by atoms with E-state index in [9.17, 15) is 13.2 Å². The highest BCUT2D eigenvalue weighted by molar-refractivity contribution is 7.92. The Hall–Kier alpha value is -2.02. The lowest BCUT2D eigenvalue weighted by Gasteiger charge is -2.07. The maximum atomic E-state index is 11.6. The van der Waals surface area contributed by atoms with Gasteiger partial charge in [0.1, 0.15) is 0 Å². The molecule has 0 saturated carbocycles. The summed E-state index contributed by atoms with van der Waals surface area (Å²) in [7, 11) is -3.27. The average molecular weight is 281 g/mol. The van der Waals surface area contributed by atoms with Crippen LogP contribution in [0.15, 0.2) is 35.1 Å². The summed E-state index contributed by atoms with van der Waals surface area (Å²) < 4.78 is 25.7. The molecule has 0 aliphatic carbocycles. The molecule has 1 aromatic carbocycles. The number of aromatic nitrogens is 2. The minimum Gasteiger partial charge on any atom is -0.298 e. The Morgan fingerprint density at radius 1 is 1.16 bits per heavy atom. The first-order valence-electron chi connectivity index (χ1n) is 5.89. The van der Waals surface area contributed by atoms with E-state index in [1.807, 2.05) is 6.92 Å². The van der Waals surface area contributed by atoms with Crippen molar-refractivity contribution >= 4 is 15.7 Å². The van der Waals surface area contributed by atoms with E-state index in [4.69, 9.17) is 0 Å². The van der Waals surface area contributed by atoms with Gasteiger partial charge in [0.05, 0.1) is 11.4 Å². The van der Waals surface area contributed by atoms with E-state index in [0.29, 0.717) is 17.8 Å². The summed E-state index contributed by atoms with van der Waals surface area (Å²) in [5.41, 5.74) is 1.77. The molecular weight excluding hydrogens is 266 g/mol. The van der Waals surface area contributed by atoms with E-state index in [-0.39, 0.29) is 11.3 Å². The van der Waals surface area contributed by atoms with Gasteiger partial charge in [-0.1, -0.05) is 19.1 Å². The standard InChI is InChI=1S/C12H15N3O3S/c1-2-7-19(17,18)15-10-5-3-9(4-6-10)11-8-12(16)14-13-11/h3-6,8,15H,2,7H2,1H3,(H2,13,14,16). The summed E-state index contributed by atoms with van der Waals surface area (Å²) in [6.07, 6.45) is 0.567. The smallest absolute Gasteiger partial charge is 0.264 e. The molecule has 2 aromatic rings. The molecule has 0 saturated heterocycles. The van der Waals surface area contributed by atoms with E-state index >= 15 is 0 Å². The highest BCUT2D eigenvalue weighted by Gasteiger charge is 2.08. The fraction of sp³-hybridized carbons (Fsp3) is 0.250. The molecule has 19 heavy (non-hydrogen) atoms. The molecule has 3 N–H and O–H groups in total. The van der Waals surface area contributed by atoms with Gasteiger partial charge in [0.2, 0.25) is 10.0 Å². The second kappa shape index (κ2) is 5.31. The number of sulfonamides is 1. The monoisotopic (exact) mass is 281 g/mol. The average Bonchev–Trinajstić information content (AvgIpc) is 2.76. The van der Waals surface area contributed by atoms with Gasteiger partial charge in [0.25, 0.3) is 5.56 Å². The lowest BCUT2D eigenvalue weighted by Crippen LogP contribution is -2.15. The Kier molecular flexibility index (Phi) is 3.75. The highest BCUT2D eigenvalue weighted by Crippen LogP contribution is 2.18. The zero-order valence-corrected chi connectivity index (χ0v) is 11.3. The predicted octanol–water partition coefficient (Wildman–Crippen LogP) is 1.52. The van der Waals surface area contributed by atoms with Crippen LogP contribution in [0, 0.1) is 0 Å². The van der Waals surface area contributed by atoms with E-state index in [1.165, 1.54) is 6.07 Å². The van der Waals surface area contributed by atoms with Crippen molar-refractivity contribution in [3.05, 3.63) is 40.7 Å². The molecule has 1 aromatic heterocycles. The molecule has 0 spiro atoms. The third-order valence-corrected chi connectivity index (χ3v) is 4.03. The maximum Gasteiger partial charge on any atom is 0.264 e. The fourth-order valence-corrected chi connectivity index (χ4v) is 2.84. The van der Waals surface area contributed by atoms with Crippen LogP contribution in [0.1, 0.15) is 13.3 Å². The molecule has 0 unspecified atom stereocenters. The summed E-state index contributed by atoms with van der Waals surface area (Å²) in [6, 6.07) is 8.24. The predicted molar refractivity (Wildman–Crippen MR) is 74.5 cm³/mol. The highest BCUT2D eigenvalue weighted by atomic mass is 32.2. The Morgan fingerprint density at radius 3 is 2.37 bits per heavy atom. The third kappa shape index (κ3) is 3.47. The van der Waals surface area contributed by atoms with Crippen LogP contribution in [0.4, 0.5) is 5.69 Å². The molecule has 0 aliphatic heterocycles. The van der Waals surface area contributed by atoms with Crippen LogP contribution < -0.4 is 10.3 Å². The SMILES string of the molecule is CCCS(=O)(=O)Nc1ccc(-c2cc(=O)[nH][nH]2)cc1. The second-order valence-electron chi connectivity index (χ2n) is 4.17. The Balaban J connectivity index is 2.17. The van der Waals surface area contributed by atoms with Crippen LogP contribution in [-0.4, -0.2) is 24.4 Å². The summed E-state index contributed by atoms with van der Waals surface area (Å²) in [5.74, 6) is 0.0971. The van der Waals surface area contributed by atoms with Gasteiger partial charge in [0.15, 0.2) is 0 Å². The van der Waals surface area contributed by atoms with E-state index in [0.717, 1.165) is 5.56 Å². The molecule has 6 nitrogen and oxygen atoms in total. The van der Waals surface area contributed by atoms with Gasteiger partial charge in [-0.3, -0.25) is 19.7 Å². The van der Waals surface area contributed by atoms with Crippen molar-refractivity contribution in [2.75, 3.05) is 10.5 Å². The van der Waals surface area contributed by atoms with Crippen molar-refractivity contribution in [2.45, 2.75) is 13.3 Å². The molecule has 102 valence electrons. The van der Waals surface area contributed by atoms with E-state index < -0.39 is 10.0 Å². The number of nitrogens with one attached hydrogen (secondary N) is 3. The number of hydrogen-bond donors (Lipinski definition) is 3. The van der Waals surface area contributed by atoms with Gasteiger partial charge < -0.3 is 0 Å². The molecule has 7 heteroatoms. The van der Waals surface area contributed by atoms with Crippen LogP contribution in [0.2, 0.25) is 0 Å². The number of benzene rings is 1. The summed E-state index contributed by atoms with van der Waals surface area (Å²) in [4.78, 5) is 11.0. The van der Waals surface area contributed by atoms with Crippen LogP contribution in [0.5, 0.6) is 0 Å². The van der Waals surface area contributed by atoms with Gasteiger partial charge in [-0.25, -0.2) is 8.42 Å². The number of anilines is 1. The molecule has 0 amide bonds. The van der Waals surface area contributed by atoms with Crippen molar-refractivity contribution in [1.82, 2.24) is 10.2 Å². The van der Waals surface area contributed by atoms with Crippen molar-refractivity contribution in [1.29, 1.82) is 0 Å². The zero-order valence-electron chi connectivity index (χ0n) is 10.4. The van der Waals surface area contributed by atoms with Crippen molar-refractivity contribution < 1.29 is 8.42 Å². The quantitative estimate of drug-likeness (QED) is 0.775. The van der Waals surface area contributed by atoms with Crippen LogP contribution >= 0.6 is 0 Å². The largest absolute Gasteiger partial charge is 0.298 e. The number of rotatable bonds is 5.